The molecule has 13 heavy (non-hydrogen) atoms. The van der Waals surface area contributed by atoms with Crippen molar-refractivity contribution in [2.45, 2.75) is 32.9 Å². The van der Waals surface area contributed by atoms with Crippen LogP contribution in [0.25, 0.3) is 0 Å². The van der Waals surface area contributed by atoms with E-state index in [0.717, 1.165) is 25.2 Å². The molecule has 0 N–H and O–H groups in total. The van der Waals surface area contributed by atoms with E-state index in [-0.39, 0.29) is 0 Å². The summed E-state index contributed by atoms with van der Waals surface area (Å²) >= 11 is 0. The lowest BCUT2D eigenvalue weighted by Gasteiger charge is -2.30. The minimum absolute atomic E-state index is 0.607. The van der Waals surface area contributed by atoms with Crippen molar-refractivity contribution in [2.24, 2.45) is 0 Å². The number of hydrogen-bond donors (Lipinski definition) is 0. The lowest BCUT2D eigenvalue weighted by Crippen LogP contribution is -2.36. The van der Waals surface area contributed by atoms with Gasteiger partial charge in [0.15, 0.2) is 0 Å². The van der Waals surface area contributed by atoms with Crippen molar-refractivity contribution < 1.29 is 0 Å². The minimum Gasteiger partial charge on any atom is -0.295 e. The fourth-order valence-electron chi connectivity index (χ4n) is 1.72. The summed E-state index contributed by atoms with van der Waals surface area (Å²) in [7, 11) is 0. The van der Waals surface area contributed by atoms with Gasteiger partial charge in [0.05, 0.1) is 5.69 Å². The molecule has 0 radical (unpaired) electrons. The Morgan fingerprint density at radius 2 is 2.31 bits per heavy atom. The van der Waals surface area contributed by atoms with E-state index in [4.69, 9.17) is 0 Å². The van der Waals surface area contributed by atoms with Gasteiger partial charge >= 0.3 is 0 Å². The lowest BCUT2D eigenvalue weighted by molar-refractivity contribution is 0.199. The summed E-state index contributed by atoms with van der Waals surface area (Å²) < 4.78 is 0. The maximum Gasteiger partial charge on any atom is 0.0803 e. The highest BCUT2D eigenvalue weighted by Crippen LogP contribution is 2.16. The second kappa shape index (κ2) is 3.42. The average molecular weight is 177 g/mol. The van der Waals surface area contributed by atoms with Gasteiger partial charge in [-0.05, 0) is 31.9 Å². The monoisotopic (exact) mass is 177 g/mol. The number of nitrogens with zero attached hydrogens (tertiary/aromatic N) is 3. The Labute approximate surface area is 78.8 Å². The van der Waals surface area contributed by atoms with Crippen LogP contribution in [0.5, 0.6) is 0 Å². The summed E-state index contributed by atoms with van der Waals surface area (Å²) in [5, 5.41) is 8.08. The molecule has 3 heteroatoms. The van der Waals surface area contributed by atoms with Gasteiger partial charge in [0, 0.05) is 25.3 Å². The van der Waals surface area contributed by atoms with Gasteiger partial charge in [0.25, 0.3) is 0 Å². The summed E-state index contributed by atoms with van der Waals surface area (Å²) in [6.07, 6.45) is 2.90. The molecule has 0 amide bonds. The molecule has 0 bridgehead atoms. The maximum absolute atomic E-state index is 4.16. The van der Waals surface area contributed by atoms with Crippen molar-refractivity contribution in [2.75, 3.05) is 6.54 Å². The highest BCUT2D eigenvalue weighted by atomic mass is 15.2. The molecule has 0 saturated carbocycles. The van der Waals surface area contributed by atoms with Crippen LogP contribution in [0.3, 0.4) is 0 Å². The van der Waals surface area contributed by atoms with Crippen LogP contribution < -0.4 is 0 Å². The molecule has 1 aromatic heterocycles. The molecule has 70 valence electrons. The first-order valence-corrected chi connectivity index (χ1v) is 4.81. The first kappa shape index (κ1) is 8.63. The fourth-order valence-corrected chi connectivity index (χ4v) is 1.72. The highest BCUT2D eigenvalue weighted by molar-refractivity contribution is 5.20. The Morgan fingerprint density at radius 3 is 3.08 bits per heavy atom. The quantitative estimate of drug-likeness (QED) is 0.646. The van der Waals surface area contributed by atoms with Gasteiger partial charge in [0.1, 0.15) is 0 Å². The molecule has 0 unspecified atom stereocenters. The van der Waals surface area contributed by atoms with E-state index < -0.39 is 0 Å². The summed E-state index contributed by atoms with van der Waals surface area (Å²) in [5.74, 6) is 0. The number of fused-ring (bicyclic) bond motifs is 1. The van der Waals surface area contributed by atoms with Crippen molar-refractivity contribution in [1.82, 2.24) is 15.1 Å². The highest BCUT2D eigenvalue weighted by Gasteiger charge is 2.18. The Kier molecular flexibility index (Phi) is 2.27. The molecule has 0 saturated heterocycles. The van der Waals surface area contributed by atoms with Crippen molar-refractivity contribution in [3.63, 3.8) is 0 Å². The van der Waals surface area contributed by atoms with E-state index in [0.29, 0.717) is 6.04 Å². The fraction of sp³-hybridized carbons (Fsp3) is 0.600. The van der Waals surface area contributed by atoms with Crippen LogP contribution >= 0.6 is 0 Å². The van der Waals surface area contributed by atoms with Crippen molar-refractivity contribution in [1.29, 1.82) is 0 Å². The predicted molar refractivity (Wildman–Crippen MR) is 51.3 cm³/mol. The topological polar surface area (TPSA) is 29.0 Å². The molecular formula is C10H15N3. The summed E-state index contributed by atoms with van der Waals surface area (Å²) in [6.45, 7) is 6.56. The molecule has 2 rings (SSSR count). The van der Waals surface area contributed by atoms with Gasteiger partial charge in [-0.25, -0.2) is 0 Å². The first-order chi connectivity index (χ1) is 6.27. The van der Waals surface area contributed by atoms with Crippen LogP contribution in [0.2, 0.25) is 0 Å². The van der Waals surface area contributed by atoms with Gasteiger partial charge in [0.2, 0.25) is 0 Å². The van der Waals surface area contributed by atoms with Crippen LogP contribution in [0.1, 0.15) is 25.1 Å². The second-order valence-corrected chi connectivity index (χ2v) is 3.82. The molecule has 2 heterocycles. The van der Waals surface area contributed by atoms with Crippen LogP contribution in [0.15, 0.2) is 12.3 Å². The Balaban J connectivity index is 2.20. The smallest absolute Gasteiger partial charge is 0.0803 e. The maximum atomic E-state index is 4.16. The van der Waals surface area contributed by atoms with Crippen LogP contribution in [-0.2, 0) is 13.0 Å². The zero-order chi connectivity index (χ0) is 9.26. The van der Waals surface area contributed by atoms with E-state index in [1.165, 1.54) is 5.56 Å². The van der Waals surface area contributed by atoms with Gasteiger partial charge in [-0.2, -0.15) is 10.2 Å². The van der Waals surface area contributed by atoms with E-state index in [9.17, 15) is 0 Å². The molecule has 1 aliphatic rings. The van der Waals surface area contributed by atoms with Crippen molar-refractivity contribution in [3.05, 3.63) is 23.5 Å². The van der Waals surface area contributed by atoms with Crippen LogP contribution in [0, 0.1) is 0 Å². The third kappa shape index (κ3) is 1.70. The predicted octanol–water partition coefficient (Wildman–Crippen LogP) is 1.24. The number of rotatable bonds is 1. The van der Waals surface area contributed by atoms with Gasteiger partial charge in [-0.1, -0.05) is 0 Å². The largest absolute Gasteiger partial charge is 0.295 e. The van der Waals surface area contributed by atoms with Gasteiger partial charge < -0.3 is 0 Å². The number of hydrogen-bond acceptors (Lipinski definition) is 3. The minimum atomic E-state index is 0.607. The molecule has 0 aromatic carbocycles. The van der Waals surface area contributed by atoms with E-state index in [1.807, 2.05) is 0 Å². The zero-order valence-corrected chi connectivity index (χ0v) is 8.20. The molecular weight excluding hydrogens is 162 g/mol. The summed E-state index contributed by atoms with van der Waals surface area (Å²) in [5.41, 5.74) is 2.52. The Hall–Kier alpha value is -0.960. The van der Waals surface area contributed by atoms with E-state index in [1.54, 1.807) is 6.20 Å². The van der Waals surface area contributed by atoms with Crippen molar-refractivity contribution in [3.8, 4) is 0 Å². The third-order valence-electron chi connectivity index (χ3n) is 2.64. The standard InChI is InChI=1S/C10H15N3/c1-8(2)13-6-4-9-3-5-11-12-10(9)7-13/h3,5,8H,4,6-7H2,1-2H3. The second-order valence-electron chi connectivity index (χ2n) is 3.82. The Bertz CT molecular complexity index is 296. The molecule has 3 nitrogen and oxygen atoms in total. The normalized spacial score (nSPS) is 17.5. The average Bonchev–Trinajstić information content (AvgIpc) is 2.17. The molecule has 0 spiro atoms. The molecule has 0 atom stereocenters. The molecule has 1 aromatic rings. The summed E-state index contributed by atoms with van der Waals surface area (Å²) in [4.78, 5) is 2.43. The van der Waals surface area contributed by atoms with Crippen LogP contribution in [-0.4, -0.2) is 27.7 Å². The molecule has 0 aliphatic carbocycles. The van der Waals surface area contributed by atoms with E-state index >= 15 is 0 Å². The first-order valence-electron chi connectivity index (χ1n) is 4.81. The van der Waals surface area contributed by atoms with Gasteiger partial charge in [-0.3, -0.25) is 4.90 Å². The molecule has 1 aliphatic heterocycles. The van der Waals surface area contributed by atoms with Gasteiger partial charge in [-0.15, -0.1) is 0 Å². The third-order valence-corrected chi connectivity index (χ3v) is 2.64. The SMILES string of the molecule is CC(C)N1CCc2ccnnc2C1. The molecule has 0 fully saturated rings. The van der Waals surface area contributed by atoms with Crippen LogP contribution in [0.4, 0.5) is 0 Å². The lowest BCUT2D eigenvalue weighted by atomic mass is 10.1. The van der Waals surface area contributed by atoms with E-state index in [2.05, 4.69) is 35.0 Å². The number of aromatic nitrogens is 2. The Morgan fingerprint density at radius 1 is 1.46 bits per heavy atom. The summed E-state index contributed by atoms with van der Waals surface area (Å²) in [6, 6.07) is 2.69. The zero-order valence-electron chi connectivity index (χ0n) is 8.20. The van der Waals surface area contributed by atoms with Crippen molar-refractivity contribution >= 4 is 0 Å².